The number of fused-ring (bicyclic) bond motifs is 2. The predicted molar refractivity (Wildman–Crippen MR) is 129 cm³/mol. The van der Waals surface area contributed by atoms with Gasteiger partial charge in [0.1, 0.15) is 5.52 Å². The van der Waals surface area contributed by atoms with Crippen molar-refractivity contribution < 1.29 is 38.5 Å². The summed E-state index contributed by atoms with van der Waals surface area (Å²) in [6.07, 6.45) is 0. The third-order valence-electron chi connectivity index (χ3n) is 4.70. The number of hydrogen-bond donors (Lipinski definition) is 2. The molecule has 4 aromatic rings. The highest BCUT2D eigenvalue weighted by Gasteiger charge is 2.24. The Labute approximate surface area is 210 Å². The van der Waals surface area contributed by atoms with E-state index in [4.69, 9.17) is 24.7 Å². The van der Waals surface area contributed by atoms with Crippen LogP contribution in [0.25, 0.3) is 22.1 Å². The summed E-state index contributed by atoms with van der Waals surface area (Å²) in [6, 6.07) is 4.95. The molecule has 0 spiro atoms. The van der Waals surface area contributed by atoms with Gasteiger partial charge in [0.25, 0.3) is 16.6 Å². The van der Waals surface area contributed by atoms with Gasteiger partial charge in [0, 0.05) is 12.1 Å². The second-order valence-corrected chi connectivity index (χ2v) is 7.12. The van der Waals surface area contributed by atoms with Gasteiger partial charge in [-0.3, -0.25) is 0 Å². The van der Waals surface area contributed by atoms with Gasteiger partial charge in [-0.1, -0.05) is 0 Å². The first kappa shape index (κ1) is 26.8. The molecule has 198 valence electrons. The minimum absolute atomic E-state index is 0.0142. The zero-order chi connectivity index (χ0) is 27.1. The fraction of sp³-hybridized carbons (Fsp3) is 0.364. The Balaban J connectivity index is 0.000000206. The van der Waals surface area contributed by atoms with E-state index in [0.717, 1.165) is 0 Å². The van der Waals surface area contributed by atoms with Crippen molar-refractivity contribution in [2.75, 3.05) is 32.2 Å². The van der Waals surface area contributed by atoms with Gasteiger partial charge in [-0.05, 0) is 32.5 Å². The zero-order valence-corrected chi connectivity index (χ0v) is 20.7. The number of nitrogens with zero attached hydrogens (tertiary/aromatic N) is 6. The van der Waals surface area contributed by atoms with Crippen LogP contribution in [0.2, 0.25) is 0 Å². The molecule has 0 aliphatic heterocycles. The maximum atomic E-state index is 11.7. The molecule has 4 rings (SSSR count). The van der Waals surface area contributed by atoms with Crippen LogP contribution in [0.3, 0.4) is 0 Å². The molecule has 2 heterocycles. The average molecular weight is 517 g/mol. The van der Waals surface area contributed by atoms with Crippen LogP contribution in [0.4, 0.5) is 5.95 Å². The lowest BCUT2D eigenvalue weighted by Gasteiger charge is -2.11. The summed E-state index contributed by atoms with van der Waals surface area (Å²) < 4.78 is 21.7. The summed E-state index contributed by atoms with van der Waals surface area (Å²) in [5.41, 5.74) is 6.08. The molecule has 0 bridgehead atoms. The molecule has 15 heteroatoms. The fourth-order valence-electron chi connectivity index (χ4n) is 3.28. The van der Waals surface area contributed by atoms with Gasteiger partial charge in [0.05, 0.1) is 48.5 Å². The molecule has 0 aliphatic carbocycles. The molecule has 0 atom stereocenters. The standard InChI is InChI=1S/C11H14N4O3.C11H13N3O5/c1-3-17-9-5-7-8(6-10(9)18-4-2)15(16)14-11(12)13-7;1-3-18-9-5-7-8(6-10(9)19-4-2)14(17)12-11(15)13(7)16/h5-6H,3-4H2,1-2H3,(H2,12,13,14);5-6H,3-4H2,1-2H3,(H,12,15). The molecular weight excluding hydrogens is 490 g/mol. The largest absolute Gasteiger partial charge is 0.707 e. The second kappa shape index (κ2) is 11.7. The van der Waals surface area contributed by atoms with E-state index in [2.05, 4.69) is 15.2 Å². The van der Waals surface area contributed by atoms with Crippen LogP contribution in [0.1, 0.15) is 27.7 Å². The summed E-state index contributed by atoms with van der Waals surface area (Å²) in [5.74, 6) is 1.61. The van der Waals surface area contributed by atoms with Crippen LogP contribution >= 0.6 is 0 Å². The molecule has 0 saturated heterocycles. The van der Waals surface area contributed by atoms with Crippen molar-refractivity contribution in [3.05, 3.63) is 39.9 Å². The number of ether oxygens (including phenoxy) is 4. The molecule has 2 aromatic heterocycles. The zero-order valence-electron chi connectivity index (χ0n) is 20.7. The molecular formula is C22H27N7O8. The van der Waals surface area contributed by atoms with Crippen molar-refractivity contribution >= 4 is 28.0 Å². The lowest BCUT2D eigenvalue weighted by Crippen LogP contribution is -2.41. The molecule has 0 saturated carbocycles. The van der Waals surface area contributed by atoms with Gasteiger partial charge in [0.15, 0.2) is 23.0 Å². The molecule has 0 radical (unpaired) electrons. The quantitative estimate of drug-likeness (QED) is 0.244. The second-order valence-electron chi connectivity index (χ2n) is 7.12. The van der Waals surface area contributed by atoms with E-state index in [1.807, 2.05) is 13.8 Å². The average Bonchev–Trinajstić information content (AvgIpc) is 2.85. The van der Waals surface area contributed by atoms with Gasteiger partial charge in [-0.15, -0.1) is 0 Å². The minimum Gasteiger partial charge on any atom is -0.707 e. The highest BCUT2D eigenvalue weighted by atomic mass is 16.5. The Morgan fingerprint density at radius 3 is 1.65 bits per heavy atom. The van der Waals surface area contributed by atoms with Gasteiger partial charge in [0.2, 0.25) is 5.52 Å². The Bertz CT molecular complexity index is 1400. The smallest absolute Gasteiger partial charge is 0.569 e. The lowest BCUT2D eigenvalue weighted by atomic mass is 10.2. The van der Waals surface area contributed by atoms with Crippen LogP contribution in [-0.4, -0.2) is 46.7 Å². The van der Waals surface area contributed by atoms with Crippen LogP contribution < -0.4 is 39.1 Å². The summed E-state index contributed by atoms with van der Waals surface area (Å²) in [4.78, 5) is 4.58. The number of hydrogen-bond acceptors (Lipinski definition) is 12. The van der Waals surface area contributed by atoms with Crippen molar-refractivity contribution in [1.82, 2.24) is 15.2 Å². The number of anilines is 1. The first-order valence-electron chi connectivity index (χ1n) is 11.4. The number of nitrogens with two attached hydrogens (primary N) is 1. The van der Waals surface area contributed by atoms with Crippen molar-refractivity contribution in [3.8, 4) is 29.0 Å². The van der Waals surface area contributed by atoms with E-state index in [0.29, 0.717) is 59.8 Å². The van der Waals surface area contributed by atoms with Crippen LogP contribution in [-0.2, 0) is 0 Å². The molecule has 0 fully saturated rings. The van der Waals surface area contributed by atoms with E-state index >= 15 is 0 Å². The topological polar surface area (TPSA) is 203 Å². The van der Waals surface area contributed by atoms with E-state index in [-0.39, 0.29) is 32.1 Å². The molecule has 37 heavy (non-hydrogen) atoms. The van der Waals surface area contributed by atoms with Gasteiger partial charge in [-0.2, -0.15) is 4.73 Å². The Kier molecular flexibility index (Phi) is 8.50. The van der Waals surface area contributed by atoms with Crippen molar-refractivity contribution in [3.63, 3.8) is 0 Å². The fourth-order valence-corrected chi connectivity index (χ4v) is 3.28. The normalized spacial score (nSPS) is 10.6. The number of rotatable bonds is 8. The van der Waals surface area contributed by atoms with E-state index < -0.39 is 6.01 Å². The van der Waals surface area contributed by atoms with E-state index in [1.54, 1.807) is 26.0 Å². The van der Waals surface area contributed by atoms with Crippen LogP contribution in [0.15, 0.2) is 24.3 Å². The lowest BCUT2D eigenvalue weighted by molar-refractivity contribution is -0.684. The number of nitrogen functional groups attached to an aromatic ring is 1. The monoisotopic (exact) mass is 517 g/mol. The van der Waals surface area contributed by atoms with E-state index in [1.165, 1.54) is 12.1 Å². The first-order chi connectivity index (χ1) is 17.7. The Hall–Kier alpha value is -4.82. The molecule has 0 aliphatic rings. The number of aromatic nitrogens is 6. The van der Waals surface area contributed by atoms with Crippen molar-refractivity contribution in [1.29, 1.82) is 0 Å². The summed E-state index contributed by atoms with van der Waals surface area (Å²) in [5, 5.41) is 50.7. The maximum Gasteiger partial charge on any atom is 0.569 e. The van der Waals surface area contributed by atoms with Crippen LogP contribution in [0, 0.1) is 15.6 Å². The van der Waals surface area contributed by atoms with Crippen molar-refractivity contribution in [2.45, 2.75) is 27.7 Å². The highest BCUT2D eigenvalue weighted by Crippen LogP contribution is 2.31. The molecule has 15 nitrogen and oxygen atoms in total. The molecule has 2 aromatic carbocycles. The molecule has 3 N–H and O–H groups in total. The van der Waals surface area contributed by atoms with Gasteiger partial charge in [-0.25, -0.2) is 4.98 Å². The SMILES string of the molecule is CCOc1cc2c(cc1OCC)[n+]([O-])c(O)n[n+]2[O-].CCOc1cc2nc(N)n[n+]([O-])c2cc1OCC. The van der Waals surface area contributed by atoms with Gasteiger partial charge < -0.3 is 45.4 Å². The molecule has 0 amide bonds. The third-order valence-corrected chi connectivity index (χ3v) is 4.70. The highest BCUT2D eigenvalue weighted by molar-refractivity contribution is 5.77. The predicted octanol–water partition coefficient (Wildman–Crippen LogP) is 0.647. The minimum atomic E-state index is -0.922. The number of benzene rings is 2. The number of aromatic hydroxyl groups is 1. The Morgan fingerprint density at radius 1 is 0.703 bits per heavy atom. The summed E-state index contributed by atoms with van der Waals surface area (Å²) >= 11 is 0. The first-order valence-corrected chi connectivity index (χ1v) is 11.4. The Morgan fingerprint density at radius 2 is 1.14 bits per heavy atom. The van der Waals surface area contributed by atoms with E-state index in [9.17, 15) is 20.7 Å². The summed E-state index contributed by atoms with van der Waals surface area (Å²) in [6.45, 7) is 9.00. The third kappa shape index (κ3) is 5.88. The van der Waals surface area contributed by atoms with Crippen molar-refractivity contribution in [2.24, 2.45) is 0 Å². The maximum absolute atomic E-state index is 11.7. The molecule has 0 unspecified atom stereocenters. The van der Waals surface area contributed by atoms with Crippen LogP contribution in [0.5, 0.6) is 29.0 Å². The van der Waals surface area contributed by atoms with Gasteiger partial charge >= 0.3 is 11.5 Å². The summed E-state index contributed by atoms with van der Waals surface area (Å²) in [7, 11) is 0.